The quantitative estimate of drug-likeness (QED) is 0.416. The fraction of sp³-hybridized carbons (Fsp3) is 0.115. The van der Waals surface area contributed by atoms with Crippen LogP contribution in [0.1, 0.15) is 32.6 Å². The van der Waals surface area contributed by atoms with Crippen molar-refractivity contribution in [1.29, 1.82) is 5.26 Å². The van der Waals surface area contributed by atoms with Gasteiger partial charge in [0.2, 0.25) is 0 Å². The van der Waals surface area contributed by atoms with Crippen molar-refractivity contribution >= 4 is 5.97 Å². The van der Waals surface area contributed by atoms with E-state index in [0.717, 1.165) is 22.4 Å². The van der Waals surface area contributed by atoms with Gasteiger partial charge in [-0.15, -0.1) is 0 Å². The zero-order chi connectivity index (χ0) is 21.8. The normalized spacial score (nSPS) is 10.5. The van der Waals surface area contributed by atoms with Crippen LogP contribution in [0.3, 0.4) is 0 Å². The fourth-order valence-corrected chi connectivity index (χ4v) is 3.49. The third-order valence-electron chi connectivity index (χ3n) is 5.09. The molecule has 0 radical (unpaired) electrons. The standard InChI is InChI=1S/C26H21N3O2/c1-18-12-13-23(19(2)14-18)25-24(16-29(28-25)22-10-4-3-5-11-22)26(30)31-17-21-9-7-6-8-20(21)15-27/h3-14,16H,17H2,1-2H3. The lowest BCUT2D eigenvalue weighted by Crippen LogP contribution is -2.07. The number of esters is 1. The van der Waals surface area contributed by atoms with E-state index < -0.39 is 5.97 Å². The van der Waals surface area contributed by atoms with Crippen molar-refractivity contribution in [2.24, 2.45) is 0 Å². The maximum Gasteiger partial charge on any atom is 0.342 e. The lowest BCUT2D eigenvalue weighted by atomic mass is 10.0. The summed E-state index contributed by atoms with van der Waals surface area (Å²) in [4.78, 5) is 13.1. The lowest BCUT2D eigenvalue weighted by Gasteiger charge is -2.08. The van der Waals surface area contributed by atoms with E-state index in [4.69, 9.17) is 9.84 Å². The van der Waals surface area contributed by atoms with E-state index in [0.29, 0.717) is 22.4 Å². The Labute approximate surface area is 181 Å². The molecule has 0 fully saturated rings. The number of aryl methyl sites for hydroxylation is 2. The molecule has 4 rings (SSSR count). The summed E-state index contributed by atoms with van der Waals surface area (Å²) in [6, 6.07) is 24.9. The summed E-state index contributed by atoms with van der Waals surface area (Å²) >= 11 is 0. The van der Waals surface area contributed by atoms with Crippen molar-refractivity contribution in [2.45, 2.75) is 20.5 Å². The molecule has 0 amide bonds. The second-order valence-corrected chi connectivity index (χ2v) is 7.33. The highest BCUT2D eigenvalue weighted by Crippen LogP contribution is 2.28. The molecule has 5 nitrogen and oxygen atoms in total. The van der Waals surface area contributed by atoms with Gasteiger partial charge in [-0.25, -0.2) is 9.48 Å². The molecule has 0 unspecified atom stereocenters. The number of aromatic nitrogens is 2. The summed E-state index contributed by atoms with van der Waals surface area (Å²) in [5, 5.41) is 14.0. The van der Waals surface area contributed by atoms with Crippen LogP contribution in [0.4, 0.5) is 0 Å². The zero-order valence-corrected chi connectivity index (χ0v) is 17.4. The molecule has 0 saturated carbocycles. The fourth-order valence-electron chi connectivity index (χ4n) is 3.49. The van der Waals surface area contributed by atoms with Gasteiger partial charge in [0.1, 0.15) is 17.9 Å². The van der Waals surface area contributed by atoms with Gasteiger partial charge in [-0.05, 0) is 37.6 Å². The number of ether oxygens (including phenoxy) is 1. The average molecular weight is 407 g/mol. The second kappa shape index (κ2) is 8.68. The van der Waals surface area contributed by atoms with Crippen LogP contribution in [0.15, 0.2) is 79.0 Å². The van der Waals surface area contributed by atoms with E-state index >= 15 is 0 Å². The van der Waals surface area contributed by atoms with Gasteiger partial charge in [0, 0.05) is 17.3 Å². The van der Waals surface area contributed by atoms with E-state index in [1.165, 1.54) is 0 Å². The van der Waals surface area contributed by atoms with Gasteiger partial charge in [-0.2, -0.15) is 10.4 Å². The van der Waals surface area contributed by atoms with Crippen molar-refractivity contribution < 1.29 is 9.53 Å². The highest BCUT2D eigenvalue weighted by molar-refractivity contribution is 5.96. The first kappa shape index (κ1) is 20.1. The summed E-state index contributed by atoms with van der Waals surface area (Å²) < 4.78 is 7.28. The topological polar surface area (TPSA) is 67.9 Å². The number of rotatable bonds is 5. The monoisotopic (exact) mass is 407 g/mol. The highest BCUT2D eigenvalue weighted by Gasteiger charge is 2.21. The third kappa shape index (κ3) is 4.24. The largest absolute Gasteiger partial charge is 0.457 e. The molecule has 1 heterocycles. The Morgan fingerprint density at radius 1 is 1.03 bits per heavy atom. The summed E-state index contributed by atoms with van der Waals surface area (Å²) in [5.74, 6) is -0.482. The van der Waals surface area contributed by atoms with Gasteiger partial charge in [-0.3, -0.25) is 0 Å². The van der Waals surface area contributed by atoms with Crippen molar-refractivity contribution in [1.82, 2.24) is 9.78 Å². The maximum absolute atomic E-state index is 13.1. The van der Waals surface area contributed by atoms with Gasteiger partial charge >= 0.3 is 5.97 Å². The Morgan fingerprint density at radius 2 is 1.77 bits per heavy atom. The number of carbonyl (C=O) groups is 1. The molecule has 3 aromatic carbocycles. The summed E-state index contributed by atoms with van der Waals surface area (Å²) in [5.41, 5.74) is 6.01. The van der Waals surface area contributed by atoms with E-state index in [2.05, 4.69) is 12.1 Å². The van der Waals surface area contributed by atoms with Crippen LogP contribution in [0.2, 0.25) is 0 Å². The Kier molecular flexibility index (Phi) is 5.63. The van der Waals surface area contributed by atoms with Gasteiger partial charge in [-0.1, -0.05) is 60.2 Å². The minimum atomic E-state index is -0.482. The Hall–Kier alpha value is -4.17. The molecule has 0 spiro atoms. The number of benzene rings is 3. The molecule has 0 aliphatic heterocycles. The summed E-state index contributed by atoms with van der Waals surface area (Å²) in [6.07, 6.45) is 1.70. The Bertz CT molecular complexity index is 1280. The number of carbonyl (C=O) groups excluding carboxylic acids is 1. The first-order chi connectivity index (χ1) is 15.1. The van der Waals surface area contributed by atoms with Gasteiger partial charge in [0.15, 0.2) is 0 Å². The van der Waals surface area contributed by atoms with Gasteiger partial charge < -0.3 is 4.74 Å². The molecule has 1 aromatic heterocycles. The third-order valence-corrected chi connectivity index (χ3v) is 5.09. The van der Waals surface area contributed by atoms with Crippen molar-refractivity contribution in [3.8, 4) is 23.0 Å². The van der Waals surface area contributed by atoms with E-state index in [9.17, 15) is 10.1 Å². The number of nitriles is 1. The lowest BCUT2D eigenvalue weighted by molar-refractivity contribution is 0.0473. The van der Waals surface area contributed by atoms with Crippen LogP contribution in [0, 0.1) is 25.2 Å². The molecule has 4 aromatic rings. The minimum Gasteiger partial charge on any atom is -0.457 e. The van der Waals surface area contributed by atoms with Crippen LogP contribution in [0.5, 0.6) is 0 Å². The van der Waals surface area contributed by atoms with Crippen molar-refractivity contribution in [3.05, 3.63) is 107 Å². The summed E-state index contributed by atoms with van der Waals surface area (Å²) in [6.45, 7) is 4.05. The molecular weight excluding hydrogens is 386 g/mol. The number of hydrogen-bond donors (Lipinski definition) is 0. The highest BCUT2D eigenvalue weighted by atomic mass is 16.5. The minimum absolute atomic E-state index is 0.0192. The Balaban J connectivity index is 1.72. The SMILES string of the molecule is Cc1ccc(-c2nn(-c3ccccc3)cc2C(=O)OCc2ccccc2C#N)c(C)c1. The molecular formula is C26H21N3O2. The molecule has 0 aliphatic carbocycles. The van der Waals surface area contributed by atoms with E-state index in [1.807, 2.05) is 62.4 Å². The number of para-hydroxylation sites is 1. The maximum atomic E-state index is 13.1. The van der Waals surface area contributed by atoms with Gasteiger partial charge in [0.25, 0.3) is 0 Å². The van der Waals surface area contributed by atoms with Crippen LogP contribution in [-0.4, -0.2) is 15.7 Å². The van der Waals surface area contributed by atoms with Crippen LogP contribution in [-0.2, 0) is 11.3 Å². The number of hydrogen-bond acceptors (Lipinski definition) is 4. The first-order valence-electron chi connectivity index (χ1n) is 9.94. The smallest absolute Gasteiger partial charge is 0.342 e. The second-order valence-electron chi connectivity index (χ2n) is 7.33. The average Bonchev–Trinajstić information content (AvgIpc) is 3.23. The number of nitrogens with zero attached hydrogens (tertiary/aromatic N) is 3. The molecule has 0 saturated heterocycles. The first-order valence-corrected chi connectivity index (χ1v) is 9.94. The molecule has 31 heavy (non-hydrogen) atoms. The van der Waals surface area contributed by atoms with E-state index in [1.54, 1.807) is 29.1 Å². The predicted molar refractivity (Wildman–Crippen MR) is 119 cm³/mol. The zero-order valence-electron chi connectivity index (χ0n) is 17.4. The molecule has 0 aliphatic rings. The van der Waals surface area contributed by atoms with Gasteiger partial charge in [0.05, 0.1) is 17.3 Å². The molecule has 5 heteroatoms. The molecule has 152 valence electrons. The van der Waals surface area contributed by atoms with Crippen molar-refractivity contribution in [3.63, 3.8) is 0 Å². The Morgan fingerprint density at radius 3 is 2.52 bits per heavy atom. The van der Waals surface area contributed by atoms with Crippen LogP contribution in [0.25, 0.3) is 16.9 Å². The summed E-state index contributed by atoms with van der Waals surface area (Å²) in [7, 11) is 0. The molecule has 0 atom stereocenters. The molecule has 0 bridgehead atoms. The van der Waals surface area contributed by atoms with Crippen molar-refractivity contribution in [2.75, 3.05) is 0 Å². The van der Waals surface area contributed by atoms with E-state index in [-0.39, 0.29) is 6.61 Å². The molecule has 0 N–H and O–H groups in total. The predicted octanol–water partition coefficient (Wildman–Crippen LogP) is 5.38. The van der Waals surface area contributed by atoms with Crippen LogP contribution < -0.4 is 0 Å². The van der Waals surface area contributed by atoms with Crippen LogP contribution >= 0.6 is 0 Å².